The van der Waals surface area contributed by atoms with E-state index in [4.69, 9.17) is 9.47 Å². The Labute approximate surface area is 189 Å². The second kappa shape index (κ2) is 10.2. The van der Waals surface area contributed by atoms with Gasteiger partial charge in [-0.3, -0.25) is 4.79 Å². The SMILES string of the molecule is C=CCOc1ccc(C2C3C(NNC3c3ccccc3O)C(=O)N2CCCOCC)cc1. The highest BCUT2D eigenvalue weighted by atomic mass is 16.5. The lowest BCUT2D eigenvalue weighted by Crippen LogP contribution is -2.41. The highest BCUT2D eigenvalue weighted by molar-refractivity contribution is 5.86. The predicted molar refractivity (Wildman–Crippen MR) is 122 cm³/mol. The molecule has 4 rings (SSSR count). The van der Waals surface area contributed by atoms with Gasteiger partial charge in [-0.15, -0.1) is 0 Å². The summed E-state index contributed by atoms with van der Waals surface area (Å²) >= 11 is 0. The zero-order valence-corrected chi connectivity index (χ0v) is 18.4. The van der Waals surface area contributed by atoms with Crippen molar-refractivity contribution in [3.63, 3.8) is 0 Å². The first kappa shape index (κ1) is 22.3. The first-order valence-electron chi connectivity index (χ1n) is 11.2. The van der Waals surface area contributed by atoms with E-state index < -0.39 is 0 Å². The molecule has 2 saturated heterocycles. The van der Waals surface area contributed by atoms with Gasteiger partial charge >= 0.3 is 0 Å². The fourth-order valence-electron chi connectivity index (χ4n) is 4.76. The molecule has 2 aromatic carbocycles. The number of rotatable bonds is 10. The first-order valence-corrected chi connectivity index (χ1v) is 11.2. The Kier molecular flexibility index (Phi) is 7.09. The molecule has 7 nitrogen and oxygen atoms in total. The molecule has 4 atom stereocenters. The monoisotopic (exact) mass is 437 g/mol. The van der Waals surface area contributed by atoms with Crippen molar-refractivity contribution in [2.45, 2.75) is 31.5 Å². The summed E-state index contributed by atoms with van der Waals surface area (Å²) in [6.07, 6.45) is 2.48. The van der Waals surface area contributed by atoms with E-state index in [0.29, 0.717) is 26.4 Å². The first-order chi connectivity index (χ1) is 15.7. The van der Waals surface area contributed by atoms with Crippen LogP contribution in [-0.4, -0.2) is 48.3 Å². The number of benzene rings is 2. The van der Waals surface area contributed by atoms with E-state index in [1.807, 2.05) is 48.2 Å². The molecule has 0 bridgehead atoms. The minimum Gasteiger partial charge on any atom is -0.508 e. The number of phenols is 1. The second-order valence-corrected chi connectivity index (χ2v) is 8.08. The van der Waals surface area contributed by atoms with Crippen LogP contribution in [0.2, 0.25) is 0 Å². The van der Waals surface area contributed by atoms with Crippen molar-refractivity contribution in [3.05, 3.63) is 72.3 Å². The molecule has 3 N–H and O–H groups in total. The molecule has 4 unspecified atom stereocenters. The van der Waals surface area contributed by atoms with Crippen LogP contribution in [0, 0.1) is 5.92 Å². The third-order valence-electron chi connectivity index (χ3n) is 6.17. The molecular formula is C25H31N3O4. The molecule has 2 aromatic rings. The number of carbonyl (C=O) groups is 1. The van der Waals surface area contributed by atoms with Gasteiger partial charge in [-0.1, -0.05) is 43.0 Å². The maximum atomic E-state index is 13.4. The van der Waals surface area contributed by atoms with E-state index >= 15 is 0 Å². The Bertz CT molecular complexity index is 933. The van der Waals surface area contributed by atoms with Gasteiger partial charge in [-0.05, 0) is 37.1 Å². The number of nitrogens with one attached hydrogen (secondary N) is 2. The van der Waals surface area contributed by atoms with Gasteiger partial charge in [0.1, 0.15) is 24.1 Å². The number of ether oxygens (including phenoxy) is 2. The number of likely N-dealkylation sites (tertiary alicyclic amines) is 1. The van der Waals surface area contributed by atoms with Crippen LogP contribution in [0.3, 0.4) is 0 Å². The van der Waals surface area contributed by atoms with Crippen LogP contribution >= 0.6 is 0 Å². The lowest BCUT2D eigenvalue weighted by atomic mass is 9.83. The molecule has 0 radical (unpaired) electrons. The van der Waals surface area contributed by atoms with Crippen LogP contribution in [0.5, 0.6) is 11.5 Å². The van der Waals surface area contributed by atoms with Gasteiger partial charge in [-0.25, -0.2) is 10.9 Å². The summed E-state index contributed by atoms with van der Waals surface area (Å²) < 4.78 is 11.1. The van der Waals surface area contributed by atoms with E-state index in [-0.39, 0.29) is 35.7 Å². The number of nitrogens with zero attached hydrogens (tertiary/aromatic N) is 1. The van der Waals surface area contributed by atoms with Crippen LogP contribution in [0.15, 0.2) is 61.2 Å². The maximum Gasteiger partial charge on any atom is 0.242 e. The molecule has 0 aromatic heterocycles. The van der Waals surface area contributed by atoms with Gasteiger partial charge in [0, 0.05) is 31.2 Å². The molecule has 2 aliphatic rings. The van der Waals surface area contributed by atoms with Crippen LogP contribution in [0.4, 0.5) is 0 Å². The molecule has 32 heavy (non-hydrogen) atoms. The van der Waals surface area contributed by atoms with E-state index in [2.05, 4.69) is 17.4 Å². The standard InChI is InChI=1S/C25H31N3O4/c1-3-15-32-18-12-10-17(11-13-18)24-21-22(19-8-5-6-9-20(19)29)26-27-23(21)25(30)28(24)14-7-16-31-4-2/h3,5-6,8-13,21-24,26-27,29H,1,4,7,14-16H2,2H3. The largest absolute Gasteiger partial charge is 0.508 e. The third kappa shape index (κ3) is 4.37. The van der Waals surface area contributed by atoms with Crippen molar-refractivity contribution in [2.24, 2.45) is 5.92 Å². The Morgan fingerprint density at radius 1 is 1.12 bits per heavy atom. The summed E-state index contributed by atoms with van der Waals surface area (Å²) in [5, 5.41) is 10.5. The summed E-state index contributed by atoms with van der Waals surface area (Å²) in [4.78, 5) is 15.3. The number of hydrogen-bond donors (Lipinski definition) is 3. The summed E-state index contributed by atoms with van der Waals surface area (Å²) in [5.74, 6) is 0.968. The Morgan fingerprint density at radius 3 is 2.59 bits per heavy atom. The smallest absolute Gasteiger partial charge is 0.242 e. The normalized spacial score (nSPS) is 24.5. The number of hydrazine groups is 1. The Morgan fingerprint density at radius 2 is 1.88 bits per heavy atom. The zero-order valence-electron chi connectivity index (χ0n) is 18.4. The minimum atomic E-state index is -0.367. The average Bonchev–Trinajstić information content (AvgIpc) is 3.35. The van der Waals surface area contributed by atoms with Gasteiger partial charge in [0.05, 0.1) is 12.1 Å². The highest BCUT2D eigenvalue weighted by Crippen LogP contribution is 2.48. The highest BCUT2D eigenvalue weighted by Gasteiger charge is 2.55. The van der Waals surface area contributed by atoms with Crippen molar-refractivity contribution >= 4 is 5.91 Å². The van der Waals surface area contributed by atoms with Crippen molar-refractivity contribution in [3.8, 4) is 11.5 Å². The van der Waals surface area contributed by atoms with Gasteiger partial charge < -0.3 is 19.5 Å². The lowest BCUT2D eigenvalue weighted by Gasteiger charge is -2.31. The van der Waals surface area contributed by atoms with Gasteiger partial charge in [-0.2, -0.15) is 0 Å². The van der Waals surface area contributed by atoms with E-state index in [9.17, 15) is 9.90 Å². The fraction of sp³-hybridized carbons (Fsp3) is 0.400. The third-order valence-corrected chi connectivity index (χ3v) is 6.17. The van der Waals surface area contributed by atoms with Gasteiger partial charge in [0.25, 0.3) is 0 Å². The van der Waals surface area contributed by atoms with E-state index in [1.165, 1.54) is 0 Å². The molecular weight excluding hydrogens is 406 g/mol. The van der Waals surface area contributed by atoms with Crippen LogP contribution in [-0.2, 0) is 9.53 Å². The van der Waals surface area contributed by atoms with Crippen LogP contribution < -0.4 is 15.6 Å². The summed E-state index contributed by atoms with van der Waals surface area (Å²) in [6, 6.07) is 14.5. The van der Waals surface area contributed by atoms with Crippen LogP contribution in [0.1, 0.15) is 36.6 Å². The topological polar surface area (TPSA) is 83.1 Å². The molecule has 0 spiro atoms. The van der Waals surface area contributed by atoms with E-state index in [0.717, 1.165) is 23.3 Å². The lowest BCUT2D eigenvalue weighted by molar-refractivity contribution is -0.131. The zero-order chi connectivity index (χ0) is 22.5. The molecule has 7 heteroatoms. The fourth-order valence-corrected chi connectivity index (χ4v) is 4.76. The molecule has 2 heterocycles. The number of hydrogen-bond acceptors (Lipinski definition) is 6. The Hall–Kier alpha value is -2.87. The number of aromatic hydroxyl groups is 1. The number of fused-ring (bicyclic) bond motifs is 1. The molecule has 0 saturated carbocycles. The summed E-state index contributed by atoms with van der Waals surface area (Å²) in [7, 11) is 0. The molecule has 2 fully saturated rings. The Balaban J connectivity index is 1.65. The number of amides is 1. The van der Waals surface area contributed by atoms with Crippen molar-refractivity contribution in [1.29, 1.82) is 0 Å². The van der Waals surface area contributed by atoms with Crippen molar-refractivity contribution in [2.75, 3.05) is 26.4 Å². The quantitative estimate of drug-likeness (QED) is 0.391. The van der Waals surface area contributed by atoms with Gasteiger partial charge in [0.15, 0.2) is 0 Å². The number of phenolic OH excluding ortho intramolecular Hbond substituents is 1. The van der Waals surface area contributed by atoms with E-state index in [1.54, 1.807) is 18.2 Å². The van der Waals surface area contributed by atoms with Crippen molar-refractivity contribution < 1.29 is 19.4 Å². The maximum absolute atomic E-state index is 13.4. The van der Waals surface area contributed by atoms with Crippen molar-refractivity contribution in [1.82, 2.24) is 15.8 Å². The molecule has 2 aliphatic heterocycles. The van der Waals surface area contributed by atoms with Gasteiger partial charge in [0.2, 0.25) is 5.91 Å². The number of carbonyl (C=O) groups excluding carboxylic acids is 1. The van der Waals surface area contributed by atoms with Crippen LogP contribution in [0.25, 0.3) is 0 Å². The average molecular weight is 438 g/mol. The molecule has 0 aliphatic carbocycles. The minimum absolute atomic E-state index is 0.0638. The predicted octanol–water partition coefficient (Wildman–Crippen LogP) is 3.10. The number of para-hydroxylation sites is 1. The molecule has 1 amide bonds. The summed E-state index contributed by atoms with van der Waals surface area (Å²) in [6.45, 7) is 7.99. The second-order valence-electron chi connectivity index (χ2n) is 8.08. The molecule has 170 valence electrons. The summed E-state index contributed by atoms with van der Waals surface area (Å²) in [5.41, 5.74) is 8.29.